The SMILES string of the molecule is O=C(O)c1sccc1CNCC1Cc2ccccc21. The van der Waals surface area contributed by atoms with Crippen molar-refractivity contribution in [3.05, 3.63) is 57.3 Å². The van der Waals surface area contributed by atoms with Crippen LogP contribution in [0.15, 0.2) is 35.7 Å². The lowest BCUT2D eigenvalue weighted by Crippen LogP contribution is -2.29. The highest BCUT2D eigenvalue weighted by molar-refractivity contribution is 7.12. The fraction of sp³-hybridized carbons (Fsp3) is 0.267. The quantitative estimate of drug-likeness (QED) is 0.880. The maximum Gasteiger partial charge on any atom is 0.346 e. The van der Waals surface area contributed by atoms with Crippen LogP contribution in [0.1, 0.15) is 32.3 Å². The third kappa shape index (κ3) is 2.41. The van der Waals surface area contributed by atoms with Crippen molar-refractivity contribution in [3.8, 4) is 0 Å². The first kappa shape index (κ1) is 12.4. The lowest BCUT2D eigenvalue weighted by Gasteiger charge is -2.30. The molecule has 19 heavy (non-hydrogen) atoms. The number of nitrogens with one attached hydrogen (secondary N) is 1. The zero-order valence-electron chi connectivity index (χ0n) is 10.4. The molecule has 2 N–H and O–H groups in total. The van der Waals surface area contributed by atoms with E-state index in [0.717, 1.165) is 18.5 Å². The van der Waals surface area contributed by atoms with Crippen molar-refractivity contribution in [1.82, 2.24) is 5.32 Å². The maximum absolute atomic E-state index is 11.0. The van der Waals surface area contributed by atoms with E-state index in [1.807, 2.05) is 11.4 Å². The van der Waals surface area contributed by atoms with Gasteiger partial charge in [0.05, 0.1) is 0 Å². The van der Waals surface area contributed by atoms with Crippen LogP contribution < -0.4 is 5.32 Å². The largest absolute Gasteiger partial charge is 0.477 e. The summed E-state index contributed by atoms with van der Waals surface area (Å²) >= 11 is 1.29. The molecule has 1 atom stereocenters. The number of hydrogen-bond acceptors (Lipinski definition) is 3. The topological polar surface area (TPSA) is 49.3 Å². The van der Waals surface area contributed by atoms with Gasteiger partial charge in [-0.3, -0.25) is 0 Å². The first-order chi connectivity index (χ1) is 9.25. The summed E-state index contributed by atoms with van der Waals surface area (Å²) in [4.78, 5) is 11.4. The van der Waals surface area contributed by atoms with Crippen LogP contribution in [0.5, 0.6) is 0 Å². The summed E-state index contributed by atoms with van der Waals surface area (Å²) in [6.07, 6.45) is 1.12. The molecule has 0 spiro atoms. The van der Waals surface area contributed by atoms with Crippen LogP contribution in [0, 0.1) is 0 Å². The van der Waals surface area contributed by atoms with Crippen LogP contribution >= 0.6 is 11.3 Å². The molecule has 98 valence electrons. The second kappa shape index (κ2) is 5.15. The summed E-state index contributed by atoms with van der Waals surface area (Å²) in [5, 5.41) is 14.2. The molecule has 0 amide bonds. The highest BCUT2D eigenvalue weighted by Crippen LogP contribution is 2.34. The third-order valence-corrected chi connectivity index (χ3v) is 4.55. The van der Waals surface area contributed by atoms with E-state index in [9.17, 15) is 4.79 Å². The second-order valence-corrected chi connectivity index (χ2v) is 5.73. The van der Waals surface area contributed by atoms with Gasteiger partial charge in [-0.05, 0) is 34.6 Å². The minimum atomic E-state index is -0.833. The smallest absolute Gasteiger partial charge is 0.346 e. The molecule has 0 aliphatic heterocycles. The Kier molecular flexibility index (Phi) is 3.36. The number of fused-ring (bicyclic) bond motifs is 1. The van der Waals surface area contributed by atoms with Gasteiger partial charge in [0.25, 0.3) is 0 Å². The maximum atomic E-state index is 11.0. The Morgan fingerprint density at radius 1 is 1.37 bits per heavy atom. The van der Waals surface area contributed by atoms with Crippen molar-refractivity contribution < 1.29 is 9.90 Å². The highest BCUT2D eigenvalue weighted by Gasteiger charge is 2.24. The van der Waals surface area contributed by atoms with Crippen LogP contribution in [0.3, 0.4) is 0 Å². The number of thiophene rings is 1. The number of carbonyl (C=O) groups is 1. The van der Waals surface area contributed by atoms with Crippen LogP contribution in [0.25, 0.3) is 0 Å². The summed E-state index contributed by atoms with van der Waals surface area (Å²) in [5.74, 6) is -0.260. The number of carboxylic acid groups (broad SMARTS) is 1. The van der Waals surface area contributed by atoms with E-state index in [2.05, 4.69) is 29.6 Å². The van der Waals surface area contributed by atoms with Crippen LogP contribution in [0.4, 0.5) is 0 Å². The van der Waals surface area contributed by atoms with E-state index in [0.29, 0.717) is 17.3 Å². The molecule has 1 unspecified atom stereocenters. The number of aromatic carboxylic acids is 1. The molecular formula is C15H15NO2S. The van der Waals surface area contributed by atoms with Gasteiger partial charge in [-0.25, -0.2) is 4.79 Å². The molecule has 0 bridgehead atoms. The van der Waals surface area contributed by atoms with E-state index in [1.165, 1.54) is 22.5 Å². The molecule has 1 aliphatic rings. The van der Waals surface area contributed by atoms with E-state index in [1.54, 1.807) is 0 Å². The van der Waals surface area contributed by atoms with Gasteiger partial charge >= 0.3 is 5.97 Å². The summed E-state index contributed by atoms with van der Waals surface area (Å²) in [6.45, 7) is 1.54. The molecule has 1 heterocycles. The van der Waals surface area contributed by atoms with Crippen molar-refractivity contribution >= 4 is 17.3 Å². The molecule has 0 saturated heterocycles. The van der Waals surface area contributed by atoms with Gasteiger partial charge in [-0.2, -0.15) is 0 Å². The van der Waals surface area contributed by atoms with Crippen molar-refractivity contribution in [2.45, 2.75) is 18.9 Å². The van der Waals surface area contributed by atoms with E-state index in [4.69, 9.17) is 5.11 Å². The Morgan fingerprint density at radius 3 is 3.00 bits per heavy atom. The minimum absolute atomic E-state index is 0.446. The fourth-order valence-electron chi connectivity index (χ4n) is 2.59. The molecule has 3 rings (SSSR count). The molecule has 2 aromatic rings. The van der Waals surface area contributed by atoms with Gasteiger partial charge in [0.1, 0.15) is 4.88 Å². The zero-order valence-corrected chi connectivity index (χ0v) is 11.2. The first-order valence-corrected chi connectivity index (χ1v) is 7.22. The Hall–Kier alpha value is -1.65. The molecule has 4 heteroatoms. The molecule has 3 nitrogen and oxygen atoms in total. The minimum Gasteiger partial charge on any atom is -0.477 e. The van der Waals surface area contributed by atoms with Crippen LogP contribution in [-0.4, -0.2) is 17.6 Å². The van der Waals surface area contributed by atoms with Crippen molar-refractivity contribution in [2.75, 3.05) is 6.54 Å². The first-order valence-electron chi connectivity index (χ1n) is 6.34. The normalized spacial score (nSPS) is 16.7. The predicted molar refractivity (Wildman–Crippen MR) is 75.9 cm³/mol. The van der Waals surface area contributed by atoms with E-state index in [-0.39, 0.29) is 0 Å². The summed E-state index contributed by atoms with van der Waals surface area (Å²) in [6, 6.07) is 10.4. The molecule has 0 fully saturated rings. The van der Waals surface area contributed by atoms with Crippen LogP contribution in [-0.2, 0) is 13.0 Å². The standard InChI is InChI=1S/C15H15NO2S/c17-15(18)14-11(5-6-19-14)8-16-9-12-7-10-3-1-2-4-13(10)12/h1-6,12,16H,7-9H2,(H,17,18). The predicted octanol–water partition coefficient (Wildman–Crippen LogP) is 2.88. The molecule has 1 aromatic carbocycles. The van der Waals surface area contributed by atoms with E-state index >= 15 is 0 Å². The lowest BCUT2D eigenvalue weighted by molar-refractivity contribution is 0.0701. The number of carboxylic acids is 1. The van der Waals surface area contributed by atoms with Gasteiger partial charge < -0.3 is 10.4 Å². The summed E-state index contributed by atoms with van der Waals surface area (Å²) in [5.41, 5.74) is 3.75. The highest BCUT2D eigenvalue weighted by atomic mass is 32.1. The Labute approximate surface area is 115 Å². The number of rotatable bonds is 5. The lowest BCUT2D eigenvalue weighted by atomic mass is 9.77. The molecule has 0 saturated carbocycles. The van der Waals surface area contributed by atoms with Gasteiger partial charge in [0.2, 0.25) is 0 Å². The van der Waals surface area contributed by atoms with Gasteiger partial charge in [0.15, 0.2) is 0 Å². The number of benzene rings is 1. The molecule has 0 radical (unpaired) electrons. The number of hydrogen-bond donors (Lipinski definition) is 2. The second-order valence-electron chi connectivity index (χ2n) is 4.81. The summed E-state index contributed by atoms with van der Waals surface area (Å²) in [7, 11) is 0. The Morgan fingerprint density at radius 2 is 2.21 bits per heavy atom. The van der Waals surface area contributed by atoms with Crippen molar-refractivity contribution in [3.63, 3.8) is 0 Å². The molecule has 1 aliphatic carbocycles. The van der Waals surface area contributed by atoms with Crippen molar-refractivity contribution in [2.24, 2.45) is 0 Å². The average Bonchev–Trinajstić information content (AvgIpc) is 2.83. The monoisotopic (exact) mass is 273 g/mol. The van der Waals surface area contributed by atoms with Gasteiger partial charge in [-0.15, -0.1) is 11.3 Å². The van der Waals surface area contributed by atoms with Crippen LogP contribution in [0.2, 0.25) is 0 Å². The van der Waals surface area contributed by atoms with Crippen molar-refractivity contribution in [1.29, 1.82) is 0 Å². The van der Waals surface area contributed by atoms with Gasteiger partial charge in [0, 0.05) is 19.0 Å². The fourth-order valence-corrected chi connectivity index (χ4v) is 3.35. The third-order valence-electron chi connectivity index (χ3n) is 3.61. The Balaban J connectivity index is 1.55. The van der Waals surface area contributed by atoms with E-state index < -0.39 is 5.97 Å². The molecule has 1 aromatic heterocycles. The Bertz CT molecular complexity index is 606. The summed E-state index contributed by atoms with van der Waals surface area (Å²) < 4.78 is 0. The molecular weight excluding hydrogens is 258 g/mol. The zero-order chi connectivity index (χ0) is 13.2. The van der Waals surface area contributed by atoms with Gasteiger partial charge in [-0.1, -0.05) is 24.3 Å². The average molecular weight is 273 g/mol.